The molecule has 0 saturated carbocycles. The molecule has 9 nitrogen and oxygen atoms in total. The molecule has 0 fully saturated rings. The smallest absolute Gasteiger partial charge is 0.251 e. The van der Waals surface area contributed by atoms with E-state index in [4.69, 9.17) is 11.5 Å². The van der Waals surface area contributed by atoms with Gasteiger partial charge in [-0.15, -0.1) is 0 Å². The summed E-state index contributed by atoms with van der Waals surface area (Å²) in [5.41, 5.74) is 13.9. The predicted molar refractivity (Wildman–Crippen MR) is 111 cm³/mol. The summed E-state index contributed by atoms with van der Waals surface area (Å²) in [6.07, 6.45) is -0.386. The number of carbonyl (C=O) groups excluding carboxylic acids is 3. The minimum atomic E-state index is -1.29. The average Bonchev–Trinajstić information content (AvgIpc) is 2.64. The molecule has 0 saturated heterocycles. The number of amides is 2. The Kier molecular flexibility index (Phi) is 7.51. The summed E-state index contributed by atoms with van der Waals surface area (Å²) in [4.78, 5) is 39.6. The summed E-state index contributed by atoms with van der Waals surface area (Å²) < 4.78 is 0. The first-order chi connectivity index (χ1) is 14.1. The minimum absolute atomic E-state index is 0.141. The predicted octanol–water partition coefficient (Wildman–Crippen LogP) is -0.0644. The number of guanidine groups is 1. The van der Waals surface area contributed by atoms with Crippen molar-refractivity contribution in [1.82, 2.24) is 10.6 Å². The van der Waals surface area contributed by atoms with Crippen molar-refractivity contribution in [3.8, 4) is 0 Å². The molecule has 0 aromatic heterocycles. The van der Waals surface area contributed by atoms with E-state index in [0.29, 0.717) is 11.3 Å². The van der Waals surface area contributed by atoms with E-state index in [9.17, 15) is 19.5 Å². The van der Waals surface area contributed by atoms with Crippen molar-refractivity contribution in [3.05, 3.63) is 64.7 Å². The number of carboxylic acids is 1. The van der Waals surface area contributed by atoms with Gasteiger partial charge < -0.3 is 32.0 Å². The molecule has 30 heavy (non-hydrogen) atoms. The largest absolute Gasteiger partial charge is 0.550 e. The van der Waals surface area contributed by atoms with Crippen LogP contribution in [0.5, 0.6) is 0 Å². The van der Waals surface area contributed by atoms with Crippen LogP contribution < -0.4 is 27.2 Å². The van der Waals surface area contributed by atoms with Crippen LogP contribution in [-0.4, -0.2) is 30.3 Å². The Balaban J connectivity index is 2.04. The molecule has 0 radical (unpaired) electrons. The zero-order valence-corrected chi connectivity index (χ0v) is 16.8. The SMILES string of the molecule is Cc1cc(C)cc(C(CC(=O)[O-])NC(=O)CNC(=O)c2cccc(N=C(N)N)c2)c1. The molecule has 0 spiro atoms. The second kappa shape index (κ2) is 10.1. The van der Waals surface area contributed by atoms with Gasteiger partial charge in [0.25, 0.3) is 5.91 Å². The summed E-state index contributed by atoms with van der Waals surface area (Å²) in [6, 6.07) is 11.0. The van der Waals surface area contributed by atoms with Crippen LogP contribution in [0.1, 0.15) is 39.5 Å². The zero-order chi connectivity index (χ0) is 22.3. The van der Waals surface area contributed by atoms with Gasteiger partial charge in [0.2, 0.25) is 5.91 Å². The van der Waals surface area contributed by atoms with E-state index in [2.05, 4.69) is 15.6 Å². The highest BCUT2D eigenvalue weighted by molar-refractivity contribution is 5.97. The molecule has 0 aliphatic rings. The maximum Gasteiger partial charge on any atom is 0.251 e. The number of rotatable bonds is 8. The molecular formula is C21H24N5O4-. The van der Waals surface area contributed by atoms with E-state index < -0.39 is 23.8 Å². The number of hydrogen-bond acceptors (Lipinski definition) is 5. The van der Waals surface area contributed by atoms with Crippen LogP contribution in [0.4, 0.5) is 5.69 Å². The number of carbonyl (C=O) groups is 3. The molecule has 1 atom stereocenters. The molecule has 0 aliphatic carbocycles. The number of hydrogen-bond donors (Lipinski definition) is 4. The van der Waals surface area contributed by atoms with E-state index in [1.807, 2.05) is 19.9 Å². The van der Waals surface area contributed by atoms with Crippen molar-refractivity contribution in [2.45, 2.75) is 26.3 Å². The standard InChI is InChI=1S/C21H25N5O4/c1-12-6-13(2)8-15(7-12)17(10-19(28)29)26-18(27)11-24-20(30)14-4-3-5-16(9-14)25-21(22)23/h3-9,17H,10-11H2,1-2H3,(H,24,30)(H,26,27)(H,28,29)(H4,22,23,25)/p-1. The molecule has 158 valence electrons. The van der Waals surface area contributed by atoms with Crippen LogP contribution >= 0.6 is 0 Å². The Bertz CT molecular complexity index is 963. The lowest BCUT2D eigenvalue weighted by Gasteiger charge is -2.21. The lowest BCUT2D eigenvalue weighted by Crippen LogP contribution is -2.40. The molecular weight excluding hydrogens is 386 g/mol. The van der Waals surface area contributed by atoms with E-state index in [-0.39, 0.29) is 24.5 Å². The third-order valence-corrected chi connectivity index (χ3v) is 4.13. The van der Waals surface area contributed by atoms with Gasteiger partial charge in [-0.2, -0.15) is 0 Å². The normalized spacial score (nSPS) is 11.3. The van der Waals surface area contributed by atoms with E-state index in [1.165, 1.54) is 6.07 Å². The summed E-state index contributed by atoms with van der Waals surface area (Å²) in [6.45, 7) is 3.43. The van der Waals surface area contributed by atoms with Crippen molar-refractivity contribution in [2.75, 3.05) is 6.54 Å². The van der Waals surface area contributed by atoms with Crippen LogP contribution in [0.3, 0.4) is 0 Å². The highest BCUT2D eigenvalue weighted by Gasteiger charge is 2.17. The molecule has 6 N–H and O–H groups in total. The van der Waals surface area contributed by atoms with Gasteiger partial charge in [0.1, 0.15) is 0 Å². The molecule has 0 heterocycles. The molecule has 1 unspecified atom stereocenters. The van der Waals surface area contributed by atoms with Crippen molar-refractivity contribution in [3.63, 3.8) is 0 Å². The first-order valence-corrected chi connectivity index (χ1v) is 9.19. The molecule has 2 amide bonds. The van der Waals surface area contributed by atoms with E-state index in [0.717, 1.165) is 11.1 Å². The highest BCUT2D eigenvalue weighted by atomic mass is 16.4. The van der Waals surface area contributed by atoms with Crippen LogP contribution in [0.2, 0.25) is 0 Å². The lowest BCUT2D eigenvalue weighted by atomic mass is 9.99. The van der Waals surface area contributed by atoms with Crippen LogP contribution in [0.15, 0.2) is 47.5 Å². The Morgan fingerprint density at radius 2 is 1.73 bits per heavy atom. The number of nitrogens with zero attached hydrogens (tertiary/aromatic N) is 1. The van der Waals surface area contributed by atoms with Crippen LogP contribution in [0, 0.1) is 13.8 Å². The first kappa shape index (κ1) is 22.4. The fraction of sp³-hybridized carbons (Fsp3) is 0.238. The maximum atomic E-state index is 12.3. The van der Waals surface area contributed by atoms with Gasteiger partial charge in [0, 0.05) is 18.0 Å². The third-order valence-electron chi connectivity index (χ3n) is 4.13. The fourth-order valence-electron chi connectivity index (χ4n) is 3.00. The number of aliphatic carboxylic acids is 1. The quantitative estimate of drug-likeness (QED) is 0.352. The van der Waals surface area contributed by atoms with E-state index in [1.54, 1.807) is 30.3 Å². The van der Waals surface area contributed by atoms with Gasteiger partial charge in [0.15, 0.2) is 5.96 Å². The van der Waals surface area contributed by atoms with Gasteiger partial charge in [-0.1, -0.05) is 35.4 Å². The van der Waals surface area contributed by atoms with Gasteiger partial charge in [0.05, 0.1) is 18.3 Å². The molecule has 2 rings (SSSR count). The number of benzene rings is 2. The van der Waals surface area contributed by atoms with E-state index >= 15 is 0 Å². The summed E-state index contributed by atoms with van der Waals surface area (Å²) >= 11 is 0. The fourth-order valence-corrected chi connectivity index (χ4v) is 3.00. The number of carboxylic acid groups (broad SMARTS) is 1. The average molecular weight is 410 g/mol. The summed E-state index contributed by atoms with van der Waals surface area (Å²) in [5.74, 6) is -2.47. The highest BCUT2D eigenvalue weighted by Crippen LogP contribution is 2.20. The number of nitrogens with two attached hydrogens (primary N) is 2. The number of aliphatic imine (C=N–C) groups is 1. The van der Waals surface area contributed by atoms with Gasteiger partial charge in [-0.3, -0.25) is 9.59 Å². The molecule has 2 aromatic rings. The van der Waals surface area contributed by atoms with Crippen LogP contribution in [-0.2, 0) is 9.59 Å². The first-order valence-electron chi connectivity index (χ1n) is 9.19. The van der Waals surface area contributed by atoms with Crippen LogP contribution in [0.25, 0.3) is 0 Å². The number of nitrogens with one attached hydrogen (secondary N) is 2. The third kappa shape index (κ3) is 6.93. The van der Waals surface area contributed by atoms with Crippen molar-refractivity contribution in [2.24, 2.45) is 16.5 Å². The lowest BCUT2D eigenvalue weighted by molar-refractivity contribution is -0.306. The van der Waals surface area contributed by atoms with Gasteiger partial charge >= 0.3 is 0 Å². The van der Waals surface area contributed by atoms with Crippen molar-refractivity contribution >= 4 is 29.4 Å². The number of aryl methyl sites for hydroxylation is 2. The second-order valence-electron chi connectivity index (χ2n) is 6.89. The molecule has 2 aromatic carbocycles. The second-order valence-corrected chi connectivity index (χ2v) is 6.89. The van der Waals surface area contributed by atoms with Gasteiger partial charge in [-0.25, -0.2) is 4.99 Å². The minimum Gasteiger partial charge on any atom is -0.550 e. The Morgan fingerprint density at radius 3 is 2.33 bits per heavy atom. The topological polar surface area (TPSA) is 163 Å². The Hall–Kier alpha value is -3.88. The Labute approximate surface area is 174 Å². The zero-order valence-electron chi connectivity index (χ0n) is 16.8. The maximum absolute atomic E-state index is 12.3. The van der Waals surface area contributed by atoms with Gasteiger partial charge in [-0.05, 0) is 37.6 Å². The molecule has 9 heteroatoms. The summed E-state index contributed by atoms with van der Waals surface area (Å²) in [5, 5.41) is 16.3. The summed E-state index contributed by atoms with van der Waals surface area (Å²) in [7, 11) is 0. The Morgan fingerprint density at radius 1 is 1.07 bits per heavy atom. The van der Waals surface area contributed by atoms with Crippen molar-refractivity contribution < 1.29 is 19.5 Å². The van der Waals surface area contributed by atoms with Crippen molar-refractivity contribution in [1.29, 1.82) is 0 Å². The molecule has 0 bridgehead atoms. The monoisotopic (exact) mass is 410 g/mol. The molecule has 0 aliphatic heterocycles.